The third-order valence-electron chi connectivity index (χ3n) is 4.30. The lowest BCUT2D eigenvalue weighted by molar-refractivity contribution is -0.120. The Morgan fingerprint density at radius 2 is 1.81 bits per heavy atom. The molecule has 0 aliphatic carbocycles. The molecule has 0 amide bonds. The minimum Gasteiger partial charge on any atom is -0.504 e. The number of benzene rings is 2. The molecule has 0 saturated carbocycles. The van der Waals surface area contributed by atoms with Crippen LogP contribution in [0.1, 0.15) is 30.4 Å². The number of hydrogen-bond acceptors (Lipinski definition) is 5. The average Bonchev–Trinajstić information content (AvgIpc) is 2.66. The Bertz CT molecular complexity index is 726. The van der Waals surface area contributed by atoms with Gasteiger partial charge in [-0.1, -0.05) is 18.2 Å². The molecule has 0 heterocycles. The van der Waals surface area contributed by atoms with Crippen LogP contribution in [0.2, 0.25) is 0 Å². The number of aliphatic hydroxyl groups excluding tert-OH is 1. The molecule has 140 valence electrons. The van der Waals surface area contributed by atoms with Crippen LogP contribution in [0.5, 0.6) is 17.2 Å². The minimum absolute atomic E-state index is 0.0450. The van der Waals surface area contributed by atoms with Crippen molar-refractivity contribution in [2.75, 3.05) is 14.2 Å². The molecule has 2 N–H and O–H groups in total. The van der Waals surface area contributed by atoms with Gasteiger partial charge in [0.15, 0.2) is 11.5 Å². The first kappa shape index (κ1) is 19.8. The maximum absolute atomic E-state index is 12.1. The summed E-state index contributed by atoms with van der Waals surface area (Å²) in [5, 5.41) is 19.7. The van der Waals surface area contributed by atoms with Crippen LogP contribution in [0.25, 0.3) is 0 Å². The summed E-state index contributed by atoms with van der Waals surface area (Å²) in [5.74, 6) is 1.32. The fourth-order valence-electron chi connectivity index (χ4n) is 2.79. The van der Waals surface area contributed by atoms with Crippen molar-refractivity contribution >= 4 is 5.78 Å². The van der Waals surface area contributed by atoms with E-state index in [0.717, 1.165) is 16.9 Å². The van der Waals surface area contributed by atoms with Crippen molar-refractivity contribution in [3.8, 4) is 17.2 Å². The van der Waals surface area contributed by atoms with Gasteiger partial charge in [0.05, 0.1) is 20.3 Å². The number of ketones is 1. The van der Waals surface area contributed by atoms with E-state index in [0.29, 0.717) is 31.4 Å². The normalized spacial score (nSPS) is 11.8. The van der Waals surface area contributed by atoms with Crippen molar-refractivity contribution in [2.24, 2.45) is 0 Å². The summed E-state index contributed by atoms with van der Waals surface area (Å²) >= 11 is 0. The quantitative estimate of drug-likeness (QED) is 0.682. The molecule has 0 aliphatic heterocycles. The Morgan fingerprint density at radius 3 is 2.54 bits per heavy atom. The lowest BCUT2D eigenvalue weighted by Crippen LogP contribution is -2.15. The first-order valence-corrected chi connectivity index (χ1v) is 8.70. The second-order valence-corrected chi connectivity index (χ2v) is 6.29. The Labute approximate surface area is 154 Å². The van der Waals surface area contributed by atoms with Crippen LogP contribution in [0, 0.1) is 0 Å². The topological polar surface area (TPSA) is 76.0 Å². The van der Waals surface area contributed by atoms with E-state index < -0.39 is 6.10 Å². The second-order valence-electron chi connectivity index (χ2n) is 6.29. The highest BCUT2D eigenvalue weighted by Gasteiger charge is 2.12. The number of phenolic OH excluding ortho intramolecular Hbond substituents is 1. The highest BCUT2D eigenvalue weighted by Crippen LogP contribution is 2.27. The van der Waals surface area contributed by atoms with Crippen LogP contribution < -0.4 is 9.47 Å². The van der Waals surface area contributed by atoms with Gasteiger partial charge in [-0.3, -0.25) is 4.79 Å². The fraction of sp³-hybridized carbons (Fsp3) is 0.381. The molecule has 0 fully saturated rings. The number of hydrogen-bond donors (Lipinski definition) is 2. The van der Waals surface area contributed by atoms with Gasteiger partial charge in [0, 0.05) is 12.8 Å². The number of Topliss-reactive ketones (excluding diaryl/α,β-unsaturated/α-hetero) is 1. The van der Waals surface area contributed by atoms with Gasteiger partial charge >= 0.3 is 0 Å². The number of phenols is 1. The molecule has 1 atom stereocenters. The van der Waals surface area contributed by atoms with E-state index in [-0.39, 0.29) is 18.0 Å². The largest absolute Gasteiger partial charge is 0.504 e. The zero-order valence-corrected chi connectivity index (χ0v) is 15.3. The fourth-order valence-corrected chi connectivity index (χ4v) is 2.79. The van der Waals surface area contributed by atoms with E-state index >= 15 is 0 Å². The smallest absolute Gasteiger partial charge is 0.160 e. The van der Waals surface area contributed by atoms with Crippen LogP contribution >= 0.6 is 0 Å². The van der Waals surface area contributed by atoms with Gasteiger partial charge in [0.2, 0.25) is 0 Å². The van der Waals surface area contributed by atoms with Crippen molar-refractivity contribution in [3.63, 3.8) is 0 Å². The third-order valence-corrected chi connectivity index (χ3v) is 4.30. The van der Waals surface area contributed by atoms with Crippen LogP contribution in [-0.4, -0.2) is 36.3 Å². The van der Waals surface area contributed by atoms with Crippen LogP contribution in [0.15, 0.2) is 42.5 Å². The standard InChI is InChI=1S/C21H26O5/c1-25-19-5-3-4-15(12-19)6-9-17(22)14-18(23)10-7-16-8-11-20(24)21(13-16)26-2/h3-5,8,11-13,18,23-24H,6-7,9-10,14H2,1-2H3. The molecule has 2 aromatic rings. The third kappa shape index (κ3) is 6.08. The second kappa shape index (κ2) is 9.82. The van der Waals surface area contributed by atoms with E-state index in [4.69, 9.17) is 9.47 Å². The SMILES string of the molecule is COc1cccc(CCC(=O)CC(O)CCc2ccc(O)c(OC)c2)c1. The first-order valence-electron chi connectivity index (χ1n) is 8.70. The number of rotatable bonds is 10. The summed E-state index contributed by atoms with van der Waals surface area (Å²) in [4.78, 5) is 12.1. The van der Waals surface area contributed by atoms with Gasteiger partial charge in [-0.15, -0.1) is 0 Å². The van der Waals surface area contributed by atoms with E-state index in [1.54, 1.807) is 25.3 Å². The molecule has 0 radical (unpaired) electrons. The monoisotopic (exact) mass is 358 g/mol. The number of aryl methyl sites for hydroxylation is 2. The van der Waals surface area contributed by atoms with Gasteiger partial charge in [-0.2, -0.15) is 0 Å². The summed E-state index contributed by atoms with van der Waals surface area (Å²) in [6, 6.07) is 12.8. The summed E-state index contributed by atoms with van der Waals surface area (Å²) in [7, 11) is 3.11. The highest BCUT2D eigenvalue weighted by molar-refractivity contribution is 5.79. The van der Waals surface area contributed by atoms with Crippen molar-refractivity contribution in [1.29, 1.82) is 0 Å². The maximum Gasteiger partial charge on any atom is 0.160 e. The van der Waals surface area contributed by atoms with Gasteiger partial charge in [0.1, 0.15) is 11.5 Å². The number of carbonyl (C=O) groups excluding carboxylic acids is 1. The number of methoxy groups -OCH3 is 2. The Balaban J connectivity index is 1.76. The molecule has 0 spiro atoms. The average molecular weight is 358 g/mol. The summed E-state index contributed by atoms with van der Waals surface area (Å²) in [5.41, 5.74) is 1.99. The molecule has 0 aromatic heterocycles. The van der Waals surface area contributed by atoms with E-state index in [1.165, 1.54) is 7.11 Å². The Morgan fingerprint density at radius 1 is 1.04 bits per heavy atom. The van der Waals surface area contributed by atoms with E-state index in [2.05, 4.69) is 0 Å². The number of ether oxygens (including phenoxy) is 2. The zero-order chi connectivity index (χ0) is 18.9. The molecule has 0 saturated heterocycles. The van der Waals surface area contributed by atoms with Crippen LogP contribution in [0.4, 0.5) is 0 Å². The zero-order valence-electron chi connectivity index (χ0n) is 15.3. The van der Waals surface area contributed by atoms with Crippen molar-refractivity contribution < 1.29 is 24.5 Å². The molecule has 2 rings (SSSR count). The molecular weight excluding hydrogens is 332 g/mol. The number of aliphatic hydroxyl groups is 1. The van der Waals surface area contributed by atoms with Crippen LogP contribution in [-0.2, 0) is 17.6 Å². The minimum atomic E-state index is -0.674. The molecule has 26 heavy (non-hydrogen) atoms. The summed E-state index contributed by atoms with van der Waals surface area (Å²) < 4.78 is 10.2. The molecule has 2 aromatic carbocycles. The molecule has 1 unspecified atom stereocenters. The molecular formula is C21H26O5. The lowest BCUT2D eigenvalue weighted by atomic mass is 10.00. The number of carbonyl (C=O) groups is 1. The van der Waals surface area contributed by atoms with E-state index in [1.807, 2.05) is 24.3 Å². The number of aromatic hydroxyl groups is 1. The van der Waals surface area contributed by atoms with E-state index in [9.17, 15) is 15.0 Å². The maximum atomic E-state index is 12.1. The first-order chi connectivity index (χ1) is 12.5. The van der Waals surface area contributed by atoms with Gasteiger partial charge in [-0.05, 0) is 54.7 Å². The van der Waals surface area contributed by atoms with Gasteiger partial charge in [-0.25, -0.2) is 0 Å². The van der Waals surface area contributed by atoms with Gasteiger partial charge < -0.3 is 19.7 Å². The van der Waals surface area contributed by atoms with Gasteiger partial charge in [0.25, 0.3) is 0 Å². The van der Waals surface area contributed by atoms with Crippen molar-refractivity contribution in [1.82, 2.24) is 0 Å². The van der Waals surface area contributed by atoms with Crippen molar-refractivity contribution in [3.05, 3.63) is 53.6 Å². The van der Waals surface area contributed by atoms with Crippen molar-refractivity contribution in [2.45, 2.75) is 38.2 Å². The summed E-state index contributed by atoms with van der Waals surface area (Å²) in [6.07, 6.45) is 1.61. The molecule has 5 heteroatoms. The highest BCUT2D eigenvalue weighted by atomic mass is 16.5. The lowest BCUT2D eigenvalue weighted by Gasteiger charge is -2.11. The predicted octanol–water partition coefficient (Wildman–Crippen LogP) is 3.29. The molecule has 5 nitrogen and oxygen atoms in total. The summed E-state index contributed by atoms with van der Waals surface area (Å²) in [6.45, 7) is 0. The molecule has 0 aliphatic rings. The predicted molar refractivity (Wildman–Crippen MR) is 99.9 cm³/mol. The Kier molecular flexibility index (Phi) is 7.48. The molecule has 0 bridgehead atoms. The van der Waals surface area contributed by atoms with Crippen LogP contribution in [0.3, 0.4) is 0 Å². The Hall–Kier alpha value is -2.53.